The summed E-state index contributed by atoms with van der Waals surface area (Å²) in [4.78, 5) is 12.2. The number of hydrogen-bond donors (Lipinski definition) is 1. The van der Waals surface area contributed by atoms with Crippen LogP contribution >= 0.6 is 15.9 Å². The molecule has 3 heteroatoms. The fourth-order valence-corrected chi connectivity index (χ4v) is 2.30. The Morgan fingerprint density at radius 3 is 2.37 bits per heavy atom. The van der Waals surface area contributed by atoms with Gasteiger partial charge in [0, 0.05) is 22.1 Å². The summed E-state index contributed by atoms with van der Waals surface area (Å²) < 4.78 is 0.867. The predicted octanol–water partition coefficient (Wildman–Crippen LogP) is 4.02. The molecule has 2 aromatic rings. The fraction of sp³-hybridized carbons (Fsp3) is 0.188. The number of benzene rings is 2. The topological polar surface area (TPSA) is 43.1 Å². The number of aryl methyl sites for hydroxylation is 1. The summed E-state index contributed by atoms with van der Waals surface area (Å²) in [5, 5.41) is 0. The second kappa shape index (κ2) is 6.02. The molecule has 0 aliphatic heterocycles. The predicted molar refractivity (Wildman–Crippen MR) is 82.4 cm³/mol. The molecule has 2 nitrogen and oxygen atoms in total. The van der Waals surface area contributed by atoms with E-state index in [-0.39, 0.29) is 5.78 Å². The van der Waals surface area contributed by atoms with E-state index in [1.54, 1.807) is 12.1 Å². The van der Waals surface area contributed by atoms with Crippen LogP contribution in [-0.4, -0.2) is 5.78 Å². The van der Waals surface area contributed by atoms with Crippen LogP contribution in [0, 0.1) is 0 Å². The molecule has 0 spiro atoms. The molecule has 0 fully saturated rings. The van der Waals surface area contributed by atoms with Crippen molar-refractivity contribution in [3.8, 4) is 0 Å². The van der Waals surface area contributed by atoms with E-state index in [2.05, 4.69) is 35.0 Å². The Kier molecular flexibility index (Phi) is 4.38. The largest absolute Gasteiger partial charge is 0.398 e. The average molecular weight is 318 g/mol. The zero-order chi connectivity index (χ0) is 13.8. The normalized spacial score (nSPS) is 10.4. The van der Waals surface area contributed by atoms with E-state index in [4.69, 9.17) is 5.73 Å². The number of ketones is 1. The molecule has 19 heavy (non-hydrogen) atoms. The van der Waals surface area contributed by atoms with E-state index in [1.165, 1.54) is 5.56 Å². The Bertz CT molecular complexity index is 590. The lowest BCUT2D eigenvalue weighted by atomic mass is 10.0. The van der Waals surface area contributed by atoms with Crippen molar-refractivity contribution in [1.29, 1.82) is 0 Å². The van der Waals surface area contributed by atoms with Gasteiger partial charge in [-0.15, -0.1) is 0 Å². The van der Waals surface area contributed by atoms with Gasteiger partial charge >= 0.3 is 0 Å². The van der Waals surface area contributed by atoms with Gasteiger partial charge in [0.05, 0.1) is 0 Å². The Morgan fingerprint density at radius 1 is 1.11 bits per heavy atom. The average Bonchev–Trinajstić information content (AvgIpc) is 2.42. The van der Waals surface area contributed by atoms with Crippen molar-refractivity contribution >= 4 is 27.4 Å². The van der Waals surface area contributed by atoms with Crippen LogP contribution in [0.2, 0.25) is 0 Å². The molecule has 2 aromatic carbocycles. The molecule has 0 saturated heterocycles. The monoisotopic (exact) mass is 317 g/mol. The van der Waals surface area contributed by atoms with Crippen molar-refractivity contribution in [2.45, 2.75) is 19.8 Å². The molecule has 0 saturated carbocycles. The third kappa shape index (κ3) is 3.44. The summed E-state index contributed by atoms with van der Waals surface area (Å²) in [5.41, 5.74) is 9.24. The summed E-state index contributed by atoms with van der Waals surface area (Å²) in [5.74, 6) is 0.0445. The van der Waals surface area contributed by atoms with E-state index < -0.39 is 0 Å². The van der Waals surface area contributed by atoms with Crippen LogP contribution in [-0.2, 0) is 12.8 Å². The Balaban J connectivity index is 2.18. The van der Waals surface area contributed by atoms with Gasteiger partial charge in [-0.05, 0) is 35.7 Å². The second-order valence-corrected chi connectivity index (χ2v) is 5.42. The van der Waals surface area contributed by atoms with Gasteiger partial charge in [-0.2, -0.15) is 0 Å². The molecule has 0 aliphatic carbocycles. The maximum atomic E-state index is 12.2. The third-order valence-electron chi connectivity index (χ3n) is 3.11. The molecule has 0 aromatic heterocycles. The lowest BCUT2D eigenvalue weighted by molar-refractivity contribution is 0.0994. The van der Waals surface area contributed by atoms with Gasteiger partial charge in [-0.3, -0.25) is 4.79 Å². The zero-order valence-corrected chi connectivity index (χ0v) is 12.4. The highest BCUT2D eigenvalue weighted by Gasteiger charge is 2.11. The summed E-state index contributed by atoms with van der Waals surface area (Å²) >= 11 is 3.36. The van der Waals surface area contributed by atoms with E-state index in [0.29, 0.717) is 17.7 Å². The number of anilines is 1. The number of halogens is 1. The summed E-state index contributed by atoms with van der Waals surface area (Å²) in [6, 6.07) is 13.5. The number of nitrogen functional groups attached to an aromatic ring is 1. The summed E-state index contributed by atoms with van der Waals surface area (Å²) in [7, 11) is 0. The second-order valence-electron chi connectivity index (χ2n) is 4.50. The van der Waals surface area contributed by atoms with Gasteiger partial charge in [0.2, 0.25) is 0 Å². The molecule has 0 radical (unpaired) electrons. The number of carbonyl (C=O) groups is 1. The minimum Gasteiger partial charge on any atom is -0.398 e. The smallest absolute Gasteiger partial charge is 0.169 e. The van der Waals surface area contributed by atoms with E-state index in [1.807, 2.05) is 18.2 Å². The number of rotatable bonds is 4. The molecule has 98 valence electrons. The van der Waals surface area contributed by atoms with Crippen molar-refractivity contribution < 1.29 is 4.79 Å². The first kappa shape index (κ1) is 13.8. The highest BCUT2D eigenvalue weighted by Crippen LogP contribution is 2.20. The van der Waals surface area contributed by atoms with Crippen molar-refractivity contribution in [1.82, 2.24) is 0 Å². The highest BCUT2D eigenvalue weighted by molar-refractivity contribution is 9.10. The molecule has 0 atom stereocenters. The summed E-state index contributed by atoms with van der Waals surface area (Å²) in [6.45, 7) is 2.11. The van der Waals surface area contributed by atoms with Gasteiger partial charge in [0.25, 0.3) is 0 Å². The lowest BCUT2D eigenvalue weighted by Crippen LogP contribution is -2.07. The zero-order valence-electron chi connectivity index (χ0n) is 10.8. The molecule has 2 N–H and O–H groups in total. The van der Waals surface area contributed by atoms with Crippen LogP contribution in [0.5, 0.6) is 0 Å². The van der Waals surface area contributed by atoms with Gasteiger partial charge < -0.3 is 5.73 Å². The number of hydrogen-bond acceptors (Lipinski definition) is 2. The Hall–Kier alpha value is -1.61. The minimum absolute atomic E-state index is 0.0445. The van der Waals surface area contributed by atoms with E-state index in [9.17, 15) is 4.79 Å². The molecular formula is C16H16BrNO. The lowest BCUT2D eigenvalue weighted by Gasteiger charge is -2.06. The van der Waals surface area contributed by atoms with Crippen LogP contribution in [0.3, 0.4) is 0 Å². The van der Waals surface area contributed by atoms with Gasteiger partial charge in [0.15, 0.2) is 5.78 Å². The Labute approximate surface area is 121 Å². The molecule has 0 unspecified atom stereocenters. The molecule has 0 amide bonds. The van der Waals surface area contributed by atoms with Crippen molar-refractivity contribution in [3.05, 3.63) is 63.6 Å². The minimum atomic E-state index is 0.0445. The molecule has 0 heterocycles. The third-order valence-corrected chi connectivity index (χ3v) is 3.60. The number of carbonyl (C=O) groups excluding carboxylic acids is 1. The first-order valence-electron chi connectivity index (χ1n) is 6.26. The maximum absolute atomic E-state index is 12.2. The quantitative estimate of drug-likeness (QED) is 0.683. The number of Topliss-reactive ketones (excluding diaryl/α,β-unsaturated/α-hetero) is 1. The highest BCUT2D eigenvalue weighted by atomic mass is 79.9. The van der Waals surface area contributed by atoms with Crippen molar-refractivity contribution in [2.75, 3.05) is 5.73 Å². The molecule has 0 aliphatic rings. The Morgan fingerprint density at radius 2 is 1.74 bits per heavy atom. The molecule has 2 rings (SSSR count). The number of nitrogens with two attached hydrogens (primary N) is 1. The van der Waals surface area contributed by atoms with Crippen LogP contribution in [0.15, 0.2) is 46.9 Å². The van der Waals surface area contributed by atoms with Crippen LogP contribution in [0.25, 0.3) is 0 Å². The first-order chi connectivity index (χ1) is 9.10. The van der Waals surface area contributed by atoms with Gasteiger partial charge in [-0.25, -0.2) is 0 Å². The van der Waals surface area contributed by atoms with Crippen molar-refractivity contribution in [3.63, 3.8) is 0 Å². The molecule has 0 bridgehead atoms. The van der Waals surface area contributed by atoms with E-state index >= 15 is 0 Å². The van der Waals surface area contributed by atoms with Crippen LogP contribution in [0.1, 0.15) is 28.4 Å². The molecular weight excluding hydrogens is 302 g/mol. The first-order valence-corrected chi connectivity index (χ1v) is 7.05. The standard InChI is InChI=1S/C16H16BrNO/c1-2-11-3-5-12(6-4-11)9-16(19)14-10-13(17)7-8-15(14)18/h3-8,10H,2,9,18H2,1H3. The van der Waals surface area contributed by atoms with Crippen molar-refractivity contribution in [2.24, 2.45) is 0 Å². The summed E-state index contributed by atoms with van der Waals surface area (Å²) in [6.07, 6.45) is 1.39. The van der Waals surface area contributed by atoms with Crippen LogP contribution in [0.4, 0.5) is 5.69 Å². The van der Waals surface area contributed by atoms with Gasteiger partial charge in [0.1, 0.15) is 0 Å². The fourth-order valence-electron chi connectivity index (χ4n) is 1.94. The van der Waals surface area contributed by atoms with Gasteiger partial charge in [-0.1, -0.05) is 47.1 Å². The SMILES string of the molecule is CCc1ccc(CC(=O)c2cc(Br)ccc2N)cc1. The maximum Gasteiger partial charge on any atom is 0.169 e. The van der Waals surface area contributed by atoms with Crippen LogP contribution < -0.4 is 5.73 Å². The van der Waals surface area contributed by atoms with E-state index in [0.717, 1.165) is 16.5 Å².